The normalized spacial score (nSPS) is 22.8. The Morgan fingerprint density at radius 2 is 2.15 bits per heavy atom. The molecule has 3 nitrogen and oxygen atoms in total. The molecule has 0 aliphatic heterocycles. The predicted octanol–water partition coefficient (Wildman–Crippen LogP) is 1.42. The van der Waals surface area contributed by atoms with Gasteiger partial charge in [0.05, 0.1) is 14.2 Å². The monoisotopic (exact) mass is 183 g/mol. The Morgan fingerprint density at radius 1 is 1.46 bits per heavy atom. The molecular formula is C10H17NO2. The van der Waals surface area contributed by atoms with Gasteiger partial charge in [-0.1, -0.05) is 6.92 Å². The van der Waals surface area contributed by atoms with Crippen LogP contribution in [0.5, 0.6) is 0 Å². The van der Waals surface area contributed by atoms with Gasteiger partial charge in [0.15, 0.2) is 0 Å². The fraction of sp³-hybridized carbons (Fsp3) is 0.600. The van der Waals surface area contributed by atoms with E-state index in [4.69, 9.17) is 15.2 Å². The number of rotatable bonds is 3. The van der Waals surface area contributed by atoms with E-state index in [2.05, 4.69) is 6.92 Å². The highest BCUT2D eigenvalue weighted by molar-refractivity contribution is 5.29. The van der Waals surface area contributed by atoms with E-state index in [0.717, 1.165) is 23.5 Å². The average molecular weight is 183 g/mol. The lowest BCUT2D eigenvalue weighted by molar-refractivity contribution is 0.227. The van der Waals surface area contributed by atoms with Gasteiger partial charge in [-0.3, -0.25) is 0 Å². The van der Waals surface area contributed by atoms with Crippen molar-refractivity contribution in [2.45, 2.75) is 13.3 Å². The zero-order chi connectivity index (χ0) is 9.84. The lowest BCUT2D eigenvalue weighted by Gasteiger charge is -2.23. The van der Waals surface area contributed by atoms with E-state index in [1.54, 1.807) is 14.2 Å². The van der Waals surface area contributed by atoms with Gasteiger partial charge in [0, 0.05) is 18.5 Å². The summed E-state index contributed by atoms with van der Waals surface area (Å²) >= 11 is 0. The second-order valence-electron chi connectivity index (χ2n) is 3.23. The van der Waals surface area contributed by atoms with E-state index in [1.165, 1.54) is 0 Å². The van der Waals surface area contributed by atoms with Crippen molar-refractivity contribution in [3.8, 4) is 0 Å². The molecule has 0 saturated carbocycles. The molecule has 0 bridgehead atoms. The van der Waals surface area contributed by atoms with Crippen LogP contribution in [-0.2, 0) is 9.47 Å². The van der Waals surface area contributed by atoms with E-state index in [1.807, 2.05) is 6.08 Å². The molecule has 3 heteroatoms. The van der Waals surface area contributed by atoms with Crippen molar-refractivity contribution in [3.63, 3.8) is 0 Å². The molecule has 0 fully saturated rings. The van der Waals surface area contributed by atoms with Crippen molar-refractivity contribution in [1.29, 1.82) is 0 Å². The Hall–Kier alpha value is -0.960. The van der Waals surface area contributed by atoms with Gasteiger partial charge in [-0.25, -0.2) is 0 Å². The first-order valence-corrected chi connectivity index (χ1v) is 4.44. The molecule has 0 aromatic heterocycles. The first-order chi connectivity index (χ1) is 6.22. The highest BCUT2D eigenvalue weighted by Gasteiger charge is 2.20. The maximum atomic E-state index is 5.61. The number of methoxy groups -OCH3 is 2. The molecule has 2 N–H and O–H groups in total. The fourth-order valence-electron chi connectivity index (χ4n) is 1.59. The van der Waals surface area contributed by atoms with Crippen LogP contribution in [0.3, 0.4) is 0 Å². The quantitative estimate of drug-likeness (QED) is 0.719. The van der Waals surface area contributed by atoms with Crippen LogP contribution in [0, 0.1) is 5.92 Å². The van der Waals surface area contributed by atoms with Crippen LogP contribution in [0.2, 0.25) is 0 Å². The minimum Gasteiger partial charge on any atom is -0.501 e. The van der Waals surface area contributed by atoms with Crippen LogP contribution in [0.4, 0.5) is 0 Å². The molecule has 1 unspecified atom stereocenters. The molecule has 0 amide bonds. The third kappa shape index (κ3) is 2.04. The maximum absolute atomic E-state index is 5.61. The molecule has 0 heterocycles. The Labute approximate surface area is 79.2 Å². The number of nitrogens with two attached hydrogens (primary N) is 1. The van der Waals surface area contributed by atoms with E-state index < -0.39 is 0 Å². The van der Waals surface area contributed by atoms with Crippen LogP contribution in [0.1, 0.15) is 13.3 Å². The van der Waals surface area contributed by atoms with Gasteiger partial charge in [-0.2, -0.15) is 0 Å². The van der Waals surface area contributed by atoms with Gasteiger partial charge >= 0.3 is 0 Å². The summed E-state index contributed by atoms with van der Waals surface area (Å²) in [6.07, 6.45) is 2.86. The highest BCUT2D eigenvalue weighted by Crippen LogP contribution is 2.28. The van der Waals surface area contributed by atoms with Gasteiger partial charge in [0.2, 0.25) is 0 Å². The first-order valence-electron chi connectivity index (χ1n) is 4.44. The van der Waals surface area contributed by atoms with Crippen LogP contribution in [0.15, 0.2) is 23.2 Å². The van der Waals surface area contributed by atoms with Gasteiger partial charge < -0.3 is 15.2 Å². The number of ether oxygens (including phenoxy) is 2. The Bertz CT molecular complexity index is 243. The number of allylic oxidation sites excluding steroid dienone is 2. The third-order valence-electron chi connectivity index (χ3n) is 2.36. The lowest BCUT2D eigenvalue weighted by atomic mass is 9.93. The molecule has 0 spiro atoms. The van der Waals surface area contributed by atoms with Crippen molar-refractivity contribution in [3.05, 3.63) is 23.2 Å². The Balaban J connectivity index is 2.92. The van der Waals surface area contributed by atoms with Crippen LogP contribution < -0.4 is 5.73 Å². The van der Waals surface area contributed by atoms with E-state index in [-0.39, 0.29) is 0 Å². The molecule has 1 aliphatic carbocycles. The second kappa shape index (κ2) is 4.33. The SMILES string of the molecule is COC1=CC(OC)=C(CN)CC1C. The van der Waals surface area contributed by atoms with E-state index in [0.29, 0.717) is 12.5 Å². The summed E-state index contributed by atoms with van der Waals surface area (Å²) in [5.41, 5.74) is 6.77. The van der Waals surface area contributed by atoms with Gasteiger partial charge in [-0.15, -0.1) is 0 Å². The lowest BCUT2D eigenvalue weighted by Crippen LogP contribution is -2.16. The second-order valence-corrected chi connectivity index (χ2v) is 3.23. The largest absolute Gasteiger partial charge is 0.501 e. The fourth-order valence-corrected chi connectivity index (χ4v) is 1.59. The minimum absolute atomic E-state index is 0.405. The summed E-state index contributed by atoms with van der Waals surface area (Å²) in [4.78, 5) is 0. The molecule has 1 aliphatic rings. The summed E-state index contributed by atoms with van der Waals surface area (Å²) in [6, 6.07) is 0. The number of hydrogen-bond donors (Lipinski definition) is 1. The molecule has 1 rings (SSSR count). The minimum atomic E-state index is 0.405. The first kappa shape index (κ1) is 10.1. The van der Waals surface area contributed by atoms with Crippen molar-refractivity contribution >= 4 is 0 Å². The molecule has 0 aromatic carbocycles. The van der Waals surface area contributed by atoms with Crippen LogP contribution >= 0.6 is 0 Å². The summed E-state index contributed by atoms with van der Waals surface area (Å²) < 4.78 is 10.5. The molecule has 13 heavy (non-hydrogen) atoms. The zero-order valence-corrected chi connectivity index (χ0v) is 8.46. The third-order valence-corrected chi connectivity index (χ3v) is 2.36. The number of hydrogen-bond acceptors (Lipinski definition) is 3. The van der Waals surface area contributed by atoms with Crippen LogP contribution in [-0.4, -0.2) is 20.8 Å². The smallest absolute Gasteiger partial charge is 0.122 e. The summed E-state index contributed by atoms with van der Waals surface area (Å²) in [7, 11) is 3.34. The molecular weight excluding hydrogens is 166 g/mol. The van der Waals surface area contributed by atoms with Crippen molar-refractivity contribution in [2.75, 3.05) is 20.8 Å². The molecule has 1 atom stereocenters. The molecule has 74 valence electrons. The average Bonchev–Trinajstić information content (AvgIpc) is 2.17. The summed E-state index contributed by atoms with van der Waals surface area (Å²) in [5, 5.41) is 0. The molecule has 0 radical (unpaired) electrons. The van der Waals surface area contributed by atoms with Gasteiger partial charge in [0.1, 0.15) is 11.5 Å². The summed E-state index contributed by atoms with van der Waals surface area (Å²) in [6.45, 7) is 2.68. The van der Waals surface area contributed by atoms with Crippen molar-refractivity contribution < 1.29 is 9.47 Å². The van der Waals surface area contributed by atoms with E-state index in [9.17, 15) is 0 Å². The van der Waals surface area contributed by atoms with Crippen molar-refractivity contribution in [1.82, 2.24) is 0 Å². The van der Waals surface area contributed by atoms with Gasteiger partial charge in [0.25, 0.3) is 0 Å². The predicted molar refractivity (Wildman–Crippen MR) is 52.0 cm³/mol. The van der Waals surface area contributed by atoms with E-state index >= 15 is 0 Å². The molecule has 0 saturated heterocycles. The zero-order valence-electron chi connectivity index (χ0n) is 8.46. The van der Waals surface area contributed by atoms with Crippen molar-refractivity contribution in [2.24, 2.45) is 11.7 Å². The summed E-state index contributed by atoms with van der Waals surface area (Å²) in [5.74, 6) is 2.23. The topological polar surface area (TPSA) is 44.5 Å². The Kier molecular flexibility index (Phi) is 3.37. The standard InChI is InChI=1S/C10H17NO2/c1-7-4-8(6-11)10(13-3)5-9(7)12-2/h5,7H,4,6,11H2,1-3H3. The molecule has 0 aromatic rings. The highest BCUT2D eigenvalue weighted by atomic mass is 16.5. The Morgan fingerprint density at radius 3 is 2.62 bits per heavy atom. The van der Waals surface area contributed by atoms with Crippen LogP contribution in [0.25, 0.3) is 0 Å². The van der Waals surface area contributed by atoms with Gasteiger partial charge in [-0.05, 0) is 12.0 Å². The maximum Gasteiger partial charge on any atom is 0.122 e.